The Bertz CT molecular complexity index is 976. The lowest BCUT2D eigenvalue weighted by atomic mass is 9.99. The quantitative estimate of drug-likeness (QED) is 0.548. The number of thiocarbonyl (C=S) groups is 1. The van der Waals surface area contributed by atoms with Gasteiger partial charge in [0, 0.05) is 29.8 Å². The molecular weight excluding hydrogens is 376 g/mol. The van der Waals surface area contributed by atoms with Gasteiger partial charge in [0.05, 0.1) is 11.7 Å². The van der Waals surface area contributed by atoms with E-state index in [1.807, 2.05) is 18.3 Å². The summed E-state index contributed by atoms with van der Waals surface area (Å²) in [5.41, 5.74) is 4.66. The predicted octanol–water partition coefficient (Wildman–Crippen LogP) is 5.76. The van der Waals surface area contributed by atoms with Crippen molar-refractivity contribution in [2.24, 2.45) is 0 Å². The summed E-state index contributed by atoms with van der Waals surface area (Å²) >= 11 is 5.82. The Hall–Kier alpha value is -2.66. The second-order valence-electron chi connectivity index (χ2n) is 8.18. The number of hydrogen-bond donors (Lipinski definition) is 1. The summed E-state index contributed by atoms with van der Waals surface area (Å²) in [6.07, 6.45) is 4.00. The molecule has 1 fully saturated rings. The first kappa shape index (κ1) is 19.6. The van der Waals surface area contributed by atoms with Crippen LogP contribution in [0.25, 0.3) is 0 Å². The van der Waals surface area contributed by atoms with Crippen LogP contribution in [0, 0.1) is 0 Å². The number of hydrogen-bond acceptors (Lipinski definition) is 2. The average molecular weight is 405 g/mol. The van der Waals surface area contributed by atoms with E-state index in [2.05, 4.69) is 96.1 Å². The highest BCUT2D eigenvalue weighted by Gasteiger charge is 2.42. The lowest BCUT2D eigenvalue weighted by Crippen LogP contribution is -2.30. The van der Waals surface area contributed by atoms with Gasteiger partial charge in [0.2, 0.25) is 0 Å². The molecule has 0 aliphatic carbocycles. The van der Waals surface area contributed by atoms with Gasteiger partial charge in [0.15, 0.2) is 5.11 Å². The van der Waals surface area contributed by atoms with Gasteiger partial charge in [-0.1, -0.05) is 32.0 Å². The molecule has 0 amide bonds. The first-order chi connectivity index (χ1) is 14.0. The summed E-state index contributed by atoms with van der Waals surface area (Å²) in [6.45, 7) is 8.85. The molecule has 0 spiro atoms. The molecule has 2 atom stereocenters. The minimum Gasteiger partial charge on any atom is -0.351 e. The third kappa shape index (κ3) is 3.67. The lowest BCUT2D eigenvalue weighted by molar-refractivity contribution is 0.497. The summed E-state index contributed by atoms with van der Waals surface area (Å²) in [4.78, 5) is 6.88. The number of nitrogens with one attached hydrogen (secondary N) is 1. The zero-order valence-corrected chi connectivity index (χ0v) is 18.2. The molecule has 4 rings (SSSR count). The molecule has 1 aliphatic heterocycles. The molecule has 0 bridgehead atoms. The van der Waals surface area contributed by atoms with E-state index >= 15 is 0 Å². The zero-order chi connectivity index (χ0) is 20.5. The van der Waals surface area contributed by atoms with Crippen molar-refractivity contribution in [1.82, 2.24) is 14.9 Å². The van der Waals surface area contributed by atoms with Crippen molar-refractivity contribution < 1.29 is 0 Å². The van der Waals surface area contributed by atoms with Gasteiger partial charge in [0.25, 0.3) is 0 Å². The van der Waals surface area contributed by atoms with Gasteiger partial charge in [-0.25, -0.2) is 0 Å². The van der Waals surface area contributed by atoms with E-state index in [0.717, 1.165) is 16.5 Å². The van der Waals surface area contributed by atoms with Crippen LogP contribution in [0.4, 0.5) is 5.69 Å². The maximum atomic E-state index is 5.82. The minimum atomic E-state index is -0.0131. The average Bonchev–Trinajstić information content (AvgIpc) is 3.33. The van der Waals surface area contributed by atoms with Crippen LogP contribution in [0.5, 0.6) is 0 Å². The number of anilines is 1. The summed E-state index contributed by atoms with van der Waals surface area (Å²) in [5, 5.41) is 4.28. The molecular formula is C24H28N4S. The topological polar surface area (TPSA) is 33.1 Å². The summed E-state index contributed by atoms with van der Waals surface area (Å²) < 4.78 is 2.33. The Morgan fingerprint density at radius 2 is 1.72 bits per heavy atom. The highest BCUT2D eigenvalue weighted by Crippen LogP contribution is 2.42. The van der Waals surface area contributed by atoms with Gasteiger partial charge in [-0.3, -0.25) is 4.98 Å². The van der Waals surface area contributed by atoms with Crippen molar-refractivity contribution >= 4 is 23.0 Å². The zero-order valence-electron chi connectivity index (χ0n) is 17.4. The largest absolute Gasteiger partial charge is 0.351 e. The number of pyridine rings is 1. The molecule has 3 aromatic rings. The molecule has 150 valence electrons. The molecule has 1 aromatic carbocycles. The summed E-state index contributed by atoms with van der Waals surface area (Å²) in [7, 11) is 0. The molecule has 5 heteroatoms. The van der Waals surface area contributed by atoms with E-state index in [1.165, 1.54) is 11.3 Å². The molecule has 2 aromatic heterocycles. The van der Waals surface area contributed by atoms with Gasteiger partial charge < -0.3 is 14.8 Å². The second kappa shape index (κ2) is 7.99. The number of rotatable bonds is 5. The standard InChI is InChI=1S/C24H28N4S/c1-16(2)18-10-12-19(13-11-18)28-23(21-9-7-15-27(21)17(3)4)22(26-24(28)29)20-8-5-6-14-25-20/h5-17,22-23H,1-4H3,(H,26,29)/t22-,23-/m0/s1. The fourth-order valence-corrected chi connectivity index (χ4v) is 4.43. The second-order valence-corrected chi connectivity index (χ2v) is 8.56. The van der Waals surface area contributed by atoms with Crippen molar-refractivity contribution in [1.29, 1.82) is 0 Å². The third-order valence-corrected chi connectivity index (χ3v) is 5.92. The third-order valence-electron chi connectivity index (χ3n) is 5.61. The Morgan fingerprint density at radius 3 is 2.34 bits per heavy atom. The van der Waals surface area contributed by atoms with Crippen LogP contribution < -0.4 is 10.2 Å². The molecule has 29 heavy (non-hydrogen) atoms. The molecule has 1 saturated heterocycles. The smallest absolute Gasteiger partial charge is 0.174 e. The van der Waals surface area contributed by atoms with Crippen molar-refractivity contribution in [3.8, 4) is 0 Å². The van der Waals surface area contributed by atoms with Crippen LogP contribution in [-0.2, 0) is 0 Å². The normalized spacial score (nSPS) is 19.2. The molecule has 4 nitrogen and oxygen atoms in total. The van der Waals surface area contributed by atoms with Crippen LogP contribution in [0.3, 0.4) is 0 Å². The van der Waals surface area contributed by atoms with E-state index in [4.69, 9.17) is 12.2 Å². The summed E-state index contributed by atoms with van der Waals surface area (Å²) in [6, 6.07) is 19.5. The Balaban J connectivity index is 1.82. The van der Waals surface area contributed by atoms with Gasteiger partial charge in [0.1, 0.15) is 6.04 Å². The highest BCUT2D eigenvalue weighted by molar-refractivity contribution is 7.80. The van der Waals surface area contributed by atoms with Crippen LogP contribution in [0.15, 0.2) is 67.0 Å². The maximum Gasteiger partial charge on any atom is 0.174 e. The van der Waals surface area contributed by atoms with Gasteiger partial charge in [-0.15, -0.1) is 0 Å². The highest BCUT2D eigenvalue weighted by atomic mass is 32.1. The molecule has 0 saturated carbocycles. The van der Waals surface area contributed by atoms with Crippen molar-refractivity contribution in [3.05, 3.63) is 83.9 Å². The number of aromatic nitrogens is 2. The Labute approximate surface area is 178 Å². The van der Waals surface area contributed by atoms with Crippen molar-refractivity contribution in [3.63, 3.8) is 0 Å². The Morgan fingerprint density at radius 1 is 0.966 bits per heavy atom. The molecule has 0 unspecified atom stereocenters. The van der Waals surface area contributed by atoms with E-state index < -0.39 is 0 Å². The monoisotopic (exact) mass is 404 g/mol. The molecule has 3 heterocycles. The first-order valence-electron chi connectivity index (χ1n) is 10.2. The van der Waals surface area contributed by atoms with Crippen molar-refractivity contribution in [2.45, 2.75) is 51.7 Å². The van der Waals surface area contributed by atoms with Gasteiger partial charge in [-0.05, 0) is 73.9 Å². The number of benzene rings is 1. The lowest BCUT2D eigenvalue weighted by Gasteiger charge is -2.30. The number of nitrogens with zero attached hydrogens (tertiary/aromatic N) is 3. The fourth-order valence-electron chi connectivity index (χ4n) is 4.08. The van der Waals surface area contributed by atoms with E-state index in [0.29, 0.717) is 12.0 Å². The van der Waals surface area contributed by atoms with E-state index in [1.54, 1.807) is 0 Å². The summed E-state index contributed by atoms with van der Waals surface area (Å²) in [5.74, 6) is 0.503. The predicted molar refractivity (Wildman–Crippen MR) is 123 cm³/mol. The minimum absolute atomic E-state index is 0.0131. The Kier molecular flexibility index (Phi) is 5.41. The van der Waals surface area contributed by atoms with Crippen LogP contribution in [-0.4, -0.2) is 14.7 Å². The molecule has 1 aliphatic rings. The first-order valence-corrected chi connectivity index (χ1v) is 10.7. The van der Waals surface area contributed by atoms with E-state index in [9.17, 15) is 0 Å². The van der Waals surface area contributed by atoms with Crippen molar-refractivity contribution in [2.75, 3.05) is 4.90 Å². The van der Waals surface area contributed by atoms with Crippen LogP contribution >= 0.6 is 12.2 Å². The molecule has 1 N–H and O–H groups in total. The van der Waals surface area contributed by atoms with Crippen LogP contribution in [0.1, 0.15) is 68.7 Å². The molecule has 0 radical (unpaired) electrons. The van der Waals surface area contributed by atoms with E-state index in [-0.39, 0.29) is 12.1 Å². The maximum absolute atomic E-state index is 5.82. The SMILES string of the molecule is CC(C)c1ccc(N2C(=S)N[C@@H](c3ccccn3)[C@@H]2c2cccn2C(C)C)cc1. The fraction of sp³-hybridized carbons (Fsp3) is 0.333. The van der Waals surface area contributed by atoms with Crippen LogP contribution in [0.2, 0.25) is 0 Å². The van der Waals surface area contributed by atoms with Gasteiger partial charge >= 0.3 is 0 Å². The van der Waals surface area contributed by atoms with Gasteiger partial charge in [-0.2, -0.15) is 0 Å².